The average Bonchev–Trinajstić information content (AvgIpc) is 3.25. The second-order valence-electron chi connectivity index (χ2n) is 6.38. The van der Waals surface area contributed by atoms with E-state index in [9.17, 15) is 14.9 Å². The van der Waals surface area contributed by atoms with Crippen molar-refractivity contribution < 1.29 is 14.0 Å². The zero-order valence-corrected chi connectivity index (χ0v) is 16.2. The maximum absolute atomic E-state index is 12.7. The molecule has 2 aromatic heterocycles. The lowest BCUT2D eigenvalue weighted by Crippen LogP contribution is -2.42. The van der Waals surface area contributed by atoms with Crippen LogP contribution < -0.4 is 0 Å². The fourth-order valence-electron chi connectivity index (χ4n) is 3.23. The van der Waals surface area contributed by atoms with E-state index >= 15 is 0 Å². The molecule has 0 aliphatic carbocycles. The van der Waals surface area contributed by atoms with Crippen LogP contribution in [0.15, 0.2) is 63.6 Å². The van der Waals surface area contributed by atoms with E-state index in [1.165, 1.54) is 0 Å². The van der Waals surface area contributed by atoms with Gasteiger partial charge in [-0.2, -0.15) is 5.26 Å². The van der Waals surface area contributed by atoms with E-state index in [0.717, 1.165) is 25.6 Å². The third-order valence-corrected chi connectivity index (χ3v) is 5.83. The van der Waals surface area contributed by atoms with Crippen molar-refractivity contribution in [3.05, 3.63) is 64.9 Å². The minimum atomic E-state index is -0.544. The molecule has 28 heavy (non-hydrogen) atoms. The van der Waals surface area contributed by atoms with Gasteiger partial charge >= 0.3 is 0 Å². The van der Waals surface area contributed by atoms with E-state index in [-0.39, 0.29) is 12.1 Å². The van der Waals surface area contributed by atoms with Gasteiger partial charge in [-0.25, -0.2) is 0 Å². The highest BCUT2D eigenvalue weighted by Crippen LogP contribution is 2.36. The van der Waals surface area contributed by atoms with Gasteiger partial charge in [0, 0.05) is 29.1 Å². The number of rotatable bonds is 3. The molecular formula is C22H16N2O3S. The maximum Gasteiger partial charge on any atom is 0.271 e. The van der Waals surface area contributed by atoms with Gasteiger partial charge in [-0.1, -0.05) is 30.3 Å². The molecule has 5 nitrogen and oxygen atoms in total. The van der Waals surface area contributed by atoms with Gasteiger partial charge < -0.3 is 4.42 Å². The average molecular weight is 388 g/mol. The van der Waals surface area contributed by atoms with Gasteiger partial charge in [0.05, 0.1) is 4.70 Å². The van der Waals surface area contributed by atoms with Gasteiger partial charge in [-0.05, 0) is 31.1 Å². The van der Waals surface area contributed by atoms with Crippen molar-refractivity contribution in [2.45, 2.75) is 13.8 Å². The standard InChI is InChI=1S/C22H16N2O3S/c1-3-24-21(25)16(13(2)17(12-23)22(24)26)9-15-10-20-18(27-15)11-19(28-20)14-7-5-4-6-8-14/h4-11H,3H2,1-2H3/b16-9-. The number of benzene rings is 1. The first kappa shape index (κ1) is 18.0. The van der Waals surface area contributed by atoms with E-state index in [1.807, 2.05) is 48.5 Å². The summed E-state index contributed by atoms with van der Waals surface area (Å²) in [5, 5.41) is 9.32. The molecule has 138 valence electrons. The zero-order chi connectivity index (χ0) is 19.8. The summed E-state index contributed by atoms with van der Waals surface area (Å²) < 4.78 is 6.88. The van der Waals surface area contributed by atoms with Crippen LogP contribution in [-0.4, -0.2) is 23.3 Å². The van der Waals surface area contributed by atoms with Crippen LogP contribution in [0.2, 0.25) is 0 Å². The van der Waals surface area contributed by atoms with Crippen LogP contribution in [0.25, 0.3) is 26.8 Å². The predicted molar refractivity (Wildman–Crippen MR) is 108 cm³/mol. The van der Waals surface area contributed by atoms with E-state index in [1.54, 1.807) is 31.3 Å². The minimum Gasteiger partial charge on any atom is -0.456 e. The number of hydrogen-bond acceptors (Lipinski definition) is 5. The Labute approximate surface area is 165 Å². The molecule has 0 spiro atoms. The van der Waals surface area contributed by atoms with Gasteiger partial charge in [0.1, 0.15) is 23.0 Å². The monoisotopic (exact) mass is 388 g/mol. The van der Waals surface area contributed by atoms with Crippen molar-refractivity contribution in [1.29, 1.82) is 5.26 Å². The lowest BCUT2D eigenvalue weighted by atomic mass is 9.95. The van der Waals surface area contributed by atoms with Gasteiger partial charge in [-0.15, -0.1) is 11.3 Å². The highest BCUT2D eigenvalue weighted by Gasteiger charge is 2.34. The second kappa shape index (κ2) is 6.95. The van der Waals surface area contributed by atoms with Crippen LogP contribution in [0.4, 0.5) is 0 Å². The van der Waals surface area contributed by atoms with Gasteiger partial charge in [0.15, 0.2) is 0 Å². The molecule has 1 aliphatic rings. The molecule has 1 aliphatic heterocycles. The summed E-state index contributed by atoms with van der Waals surface area (Å²) in [4.78, 5) is 27.1. The number of nitriles is 1. The molecule has 6 heteroatoms. The summed E-state index contributed by atoms with van der Waals surface area (Å²) in [6.07, 6.45) is 1.61. The molecule has 4 rings (SSSR count). The van der Waals surface area contributed by atoms with Crippen LogP contribution in [0.3, 0.4) is 0 Å². The number of carbonyl (C=O) groups excluding carboxylic acids is 2. The third kappa shape index (κ3) is 2.86. The smallest absolute Gasteiger partial charge is 0.271 e. The lowest BCUT2D eigenvalue weighted by molar-refractivity contribution is -0.140. The van der Waals surface area contributed by atoms with Crippen molar-refractivity contribution in [2.24, 2.45) is 0 Å². The first-order valence-corrected chi connectivity index (χ1v) is 9.63. The first-order chi connectivity index (χ1) is 13.5. The topological polar surface area (TPSA) is 74.3 Å². The molecule has 0 bridgehead atoms. The summed E-state index contributed by atoms with van der Waals surface area (Å²) in [6.45, 7) is 3.53. The van der Waals surface area contributed by atoms with E-state index < -0.39 is 11.8 Å². The Bertz CT molecular complexity index is 1170. The van der Waals surface area contributed by atoms with Crippen LogP contribution in [-0.2, 0) is 9.59 Å². The molecule has 3 heterocycles. The summed E-state index contributed by atoms with van der Waals surface area (Å²) in [6, 6.07) is 15.8. The number of likely N-dealkylation sites (N-methyl/N-ethyl adjacent to an activating group) is 1. The SMILES string of the molecule is CCN1C(=O)C(C#N)=C(C)/C(=C/c2cc3sc(-c4ccccc4)cc3o2)C1=O. The lowest BCUT2D eigenvalue weighted by Gasteiger charge is -2.25. The number of amides is 2. The Hall–Kier alpha value is -3.43. The number of furan rings is 1. The second-order valence-corrected chi connectivity index (χ2v) is 7.46. The van der Waals surface area contributed by atoms with E-state index in [0.29, 0.717) is 16.9 Å². The third-order valence-electron chi connectivity index (χ3n) is 4.71. The highest BCUT2D eigenvalue weighted by molar-refractivity contribution is 7.22. The number of nitrogens with zero attached hydrogens (tertiary/aromatic N) is 2. The molecule has 3 aromatic rings. The molecule has 0 N–H and O–H groups in total. The molecule has 0 saturated heterocycles. The summed E-state index contributed by atoms with van der Waals surface area (Å²) in [7, 11) is 0. The van der Waals surface area contributed by atoms with Gasteiger partial charge in [-0.3, -0.25) is 14.5 Å². The molecule has 0 saturated carbocycles. The molecule has 0 radical (unpaired) electrons. The number of thiophene rings is 1. The van der Waals surface area contributed by atoms with Crippen molar-refractivity contribution in [3.63, 3.8) is 0 Å². The largest absolute Gasteiger partial charge is 0.456 e. The van der Waals surface area contributed by atoms with E-state index in [4.69, 9.17) is 4.42 Å². The fourth-order valence-corrected chi connectivity index (χ4v) is 4.26. The van der Waals surface area contributed by atoms with Gasteiger partial charge in [0.2, 0.25) is 0 Å². The Kier molecular flexibility index (Phi) is 4.46. The van der Waals surface area contributed by atoms with Crippen molar-refractivity contribution in [1.82, 2.24) is 4.90 Å². The van der Waals surface area contributed by atoms with Crippen LogP contribution in [0, 0.1) is 11.3 Å². The quantitative estimate of drug-likeness (QED) is 0.478. The molecule has 0 fully saturated rings. The predicted octanol–water partition coefficient (Wildman–Crippen LogP) is 4.77. The Balaban J connectivity index is 1.76. The Morgan fingerprint density at radius 3 is 2.57 bits per heavy atom. The van der Waals surface area contributed by atoms with Crippen LogP contribution >= 0.6 is 11.3 Å². The first-order valence-electron chi connectivity index (χ1n) is 8.81. The summed E-state index contributed by atoms with van der Waals surface area (Å²) in [5.74, 6) is -0.433. The van der Waals surface area contributed by atoms with Crippen LogP contribution in [0.1, 0.15) is 19.6 Å². The Morgan fingerprint density at radius 2 is 1.93 bits per heavy atom. The summed E-state index contributed by atoms with van der Waals surface area (Å²) >= 11 is 1.61. The van der Waals surface area contributed by atoms with Crippen molar-refractivity contribution >= 4 is 39.5 Å². The number of carbonyl (C=O) groups is 2. The number of hydrogen-bond donors (Lipinski definition) is 0. The highest BCUT2D eigenvalue weighted by atomic mass is 32.1. The molecular weight excluding hydrogens is 372 g/mol. The normalized spacial score (nSPS) is 16.3. The minimum absolute atomic E-state index is 0.00701. The van der Waals surface area contributed by atoms with Crippen LogP contribution in [0.5, 0.6) is 0 Å². The number of imide groups is 1. The van der Waals surface area contributed by atoms with Crippen molar-refractivity contribution in [2.75, 3.05) is 6.54 Å². The molecule has 1 aromatic carbocycles. The summed E-state index contributed by atoms with van der Waals surface area (Å²) in [5.41, 5.74) is 2.54. The van der Waals surface area contributed by atoms with Crippen molar-refractivity contribution in [3.8, 4) is 16.5 Å². The Morgan fingerprint density at radius 1 is 1.18 bits per heavy atom. The van der Waals surface area contributed by atoms with Gasteiger partial charge in [0.25, 0.3) is 11.8 Å². The van der Waals surface area contributed by atoms with E-state index in [2.05, 4.69) is 0 Å². The molecule has 2 amide bonds. The number of fused-ring (bicyclic) bond motifs is 1. The fraction of sp³-hybridized carbons (Fsp3) is 0.136. The maximum atomic E-state index is 12.7. The molecule has 0 atom stereocenters. The zero-order valence-electron chi connectivity index (χ0n) is 15.4. The molecule has 0 unspecified atom stereocenters.